The summed E-state index contributed by atoms with van der Waals surface area (Å²) in [5.41, 5.74) is 0. The molecule has 1 rings (SSSR count). The summed E-state index contributed by atoms with van der Waals surface area (Å²) in [6.45, 7) is 1.01. The van der Waals surface area contributed by atoms with E-state index in [4.69, 9.17) is 5.11 Å². The van der Waals surface area contributed by atoms with E-state index in [0.29, 0.717) is 19.5 Å². The molecule has 0 aromatic rings. The zero-order valence-electron chi connectivity index (χ0n) is 8.88. The minimum absolute atomic E-state index is 0.0795. The van der Waals surface area contributed by atoms with E-state index in [-0.39, 0.29) is 19.3 Å². The molecule has 0 saturated carbocycles. The van der Waals surface area contributed by atoms with Crippen molar-refractivity contribution in [3.05, 3.63) is 0 Å². The number of likely N-dealkylation sites (tertiary alicyclic amines) is 1. The third kappa shape index (κ3) is 3.74. The van der Waals surface area contributed by atoms with Gasteiger partial charge in [0.2, 0.25) is 0 Å². The second-order valence-electron chi connectivity index (χ2n) is 4.23. The van der Waals surface area contributed by atoms with Crippen molar-refractivity contribution in [2.45, 2.75) is 31.6 Å². The number of halogens is 2. The second-order valence-corrected chi connectivity index (χ2v) is 4.23. The second kappa shape index (κ2) is 4.88. The fourth-order valence-electron chi connectivity index (χ4n) is 1.90. The Hall–Kier alpha value is -0.710. The molecule has 0 spiro atoms. The number of carboxylic acid groups (broad SMARTS) is 1. The first kappa shape index (κ1) is 12.4. The van der Waals surface area contributed by atoms with Crippen LogP contribution < -0.4 is 0 Å². The zero-order valence-corrected chi connectivity index (χ0v) is 8.88. The van der Waals surface area contributed by atoms with E-state index >= 15 is 0 Å². The highest BCUT2D eigenvalue weighted by Gasteiger charge is 2.40. The first-order valence-electron chi connectivity index (χ1n) is 5.20. The molecule has 1 fully saturated rings. The molecular formula is C10H17F2NO2. The van der Waals surface area contributed by atoms with E-state index in [2.05, 4.69) is 0 Å². The molecule has 5 heteroatoms. The average Bonchev–Trinajstić information content (AvgIpc) is 2.24. The van der Waals surface area contributed by atoms with Gasteiger partial charge in [-0.15, -0.1) is 0 Å². The van der Waals surface area contributed by atoms with Crippen LogP contribution in [0, 0.1) is 5.92 Å². The summed E-state index contributed by atoms with van der Waals surface area (Å²) < 4.78 is 27.1. The van der Waals surface area contributed by atoms with Gasteiger partial charge in [0.1, 0.15) is 0 Å². The van der Waals surface area contributed by atoms with Crippen LogP contribution in [0.2, 0.25) is 0 Å². The maximum atomic E-state index is 13.5. The Morgan fingerprint density at radius 2 is 2.20 bits per heavy atom. The summed E-state index contributed by atoms with van der Waals surface area (Å²) in [5.74, 6) is -4.48. The van der Waals surface area contributed by atoms with Gasteiger partial charge in [-0.1, -0.05) is 0 Å². The van der Waals surface area contributed by atoms with Crippen LogP contribution in [0.15, 0.2) is 0 Å². The van der Waals surface area contributed by atoms with Crippen molar-refractivity contribution in [1.29, 1.82) is 0 Å². The minimum atomic E-state index is -2.71. The van der Waals surface area contributed by atoms with E-state index < -0.39 is 17.8 Å². The summed E-state index contributed by atoms with van der Waals surface area (Å²) in [7, 11) is 1.82. The predicted octanol–water partition coefficient (Wildman–Crippen LogP) is 1.83. The van der Waals surface area contributed by atoms with Crippen LogP contribution >= 0.6 is 0 Å². The number of alkyl halides is 2. The first-order valence-corrected chi connectivity index (χ1v) is 5.20. The van der Waals surface area contributed by atoms with Crippen LogP contribution in [-0.2, 0) is 4.79 Å². The Morgan fingerprint density at radius 3 is 2.80 bits per heavy atom. The Labute approximate surface area is 88.1 Å². The third-order valence-corrected chi connectivity index (χ3v) is 2.99. The lowest BCUT2D eigenvalue weighted by molar-refractivity contribution is -0.138. The van der Waals surface area contributed by atoms with Crippen LogP contribution in [0.5, 0.6) is 0 Å². The highest BCUT2D eigenvalue weighted by molar-refractivity contribution is 5.66. The SMILES string of the molecule is CN1CCC(CCC(=O)O)C(F)(F)CC1. The fourth-order valence-corrected chi connectivity index (χ4v) is 1.90. The number of carbonyl (C=O) groups is 1. The van der Waals surface area contributed by atoms with Crippen molar-refractivity contribution in [2.75, 3.05) is 20.1 Å². The van der Waals surface area contributed by atoms with Gasteiger partial charge in [-0.2, -0.15) is 0 Å². The third-order valence-electron chi connectivity index (χ3n) is 2.99. The van der Waals surface area contributed by atoms with E-state index in [9.17, 15) is 13.6 Å². The van der Waals surface area contributed by atoms with E-state index in [1.807, 2.05) is 11.9 Å². The smallest absolute Gasteiger partial charge is 0.303 e. The largest absolute Gasteiger partial charge is 0.481 e. The molecule has 0 bridgehead atoms. The normalized spacial score (nSPS) is 27.3. The number of aliphatic carboxylic acids is 1. The number of carboxylic acids is 1. The first-order chi connectivity index (χ1) is 6.92. The summed E-state index contributed by atoms with van der Waals surface area (Å²) in [4.78, 5) is 12.2. The van der Waals surface area contributed by atoms with E-state index in [0.717, 1.165) is 0 Å². The van der Waals surface area contributed by atoms with Crippen LogP contribution in [0.4, 0.5) is 8.78 Å². The summed E-state index contributed by atoms with van der Waals surface area (Å²) in [5, 5.41) is 8.48. The Kier molecular flexibility index (Phi) is 4.02. The van der Waals surface area contributed by atoms with Crippen molar-refractivity contribution in [3.63, 3.8) is 0 Å². The van der Waals surface area contributed by atoms with Crippen LogP contribution in [0.25, 0.3) is 0 Å². The molecule has 1 unspecified atom stereocenters. The van der Waals surface area contributed by atoms with E-state index in [1.165, 1.54) is 0 Å². The van der Waals surface area contributed by atoms with Gasteiger partial charge >= 0.3 is 5.97 Å². The molecular weight excluding hydrogens is 204 g/mol. The number of hydrogen-bond donors (Lipinski definition) is 1. The molecule has 15 heavy (non-hydrogen) atoms. The van der Waals surface area contributed by atoms with Crippen molar-refractivity contribution < 1.29 is 18.7 Å². The highest BCUT2D eigenvalue weighted by atomic mass is 19.3. The minimum Gasteiger partial charge on any atom is -0.481 e. The number of nitrogens with zero attached hydrogens (tertiary/aromatic N) is 1. The van der Waals surface area contributed by atoms with Gasteiger partial charge in [-0.25, -0.2) is 8.78 Å². The standard InChI is InChI=1S/C10H17F2NO2/c1-13-6-4-8(2-3-9(14)15)10(11,12)5-7-13/h8H,2-7H2,1H3,(H,14,15). The number of hydrogen-bond acceptors (Lipinski definition) is 2. The van der Waals surface area contributed by atoms with Gasteiger partial charge in [-0.05, 0) is 26.4 Å². The molecule has 1 saturated heterocycles. The Balaban J connectivity index is 2.54. The molecule has 3 nitrogen and oxygen atoms in total. The Bertz CT molecular complexity index is 233. The van der Waals surface area contributed by atoms with Gasteiger partial charge in [0.15, 0.2) is 0 Å². The molecule has 88 valence electrons. The summed E-state index contributed by atoms with van der Waals surface area (Å²) >= 11 is 0. The molecule has 0 amide bonds. The topological polar surface area (TPSA) is 40.5 Å². The van der Waals surface area contributed by atoms with Crippen molar-refractivity contribution >= 4 is 5.97 Å². The average molecular weight is 221 g/mol. The van der Waals surface area contributed by atoms with E-state index in [1.54, 1.807) is 0 Å². The zero-order chi connectivity index (χ0) is 11.5. The lowest BCUT2D eigenvalue weighted by atomic mass is 9.91. The lowest BCUT2D eigenvalue weighted by Gasteiger charge is -2.23. The van der Waals surface area contributed by atoms with Crippen molar-refractivity contribution in [2.24, 2.45) is 5.92 Å². The van der Waals surface area contributed by atoms with Crippen LogP contribution in [-0.4, -0.2) is 42.0 Å². The molecule has 1 aliphatic rings. The van der Waals surface area contributed by atoms with Crippen LogP contribution in [0.1, 0.15) is 25.7 Å². The Morgan fingerprint density at radius 1 is 1.53 bits per heavy atom. The van der Waals surface area contributed by atoms with Gasteiger partial charge < -0.3 is 10.0 Å². The maximum Gasteiger partial charge on any atom is 0.303 e. The fraction of sp³-hybridized carbons (Fsp3) is 0.900. The molecule has 1 heterocycles. The van der Waals surface area contributed by atoms with Crippen LogP contribution in [0.3, 0.4) is 0 Å². The summed E-state index contributed by atoms with van der Waals surface area (Å²) in [6.07, 6.45) is 0.144. The van der Waals surface area contributed by atoms with Crippen molar-refractivity contribution in [1.82, 2.24) is 4.90 Å². The van der Waals surface area contributed by atoms with Gasteiger partial charge in [-0.3, -0.25) is 4.79 Å². The molecule has 1 atom stereocenters. The monoisotopic (exact) mass is 221 g/mol. The highest BCUT2D eigenvalue weighted by Crippen LogP contribution is 2.36. The predicted molar refractivity (Wildman–Crippen MR) is 52.0 cm³/mol. The number of rotatable bonds is 3. The quantitative estimate of drug-likeness (QED) is 0.790. The van der Waals surface area contributed by atoms with Crippen molar-refractivity contribution in [3.8, 4) is 0 Å². The lowest BCUT2D eigenvalue weighted by Crippen LogP contribution is -2.28. The molecule has 0 aromatic carbocycles. The molecule has 0 aliphatic carbocycles. The summed E-state index contributed by atoms with van der Waals surface area (Å²) in [6, 6.07) is 0. The van der Waals surface area contributed by atoms with Gasteiger partial charge in [0, 0.05) is 25.3 Å². The van der Waals surface area contributed by atoms with Gasteiger partial charge in [0.05, 0.1) is 0 Å². The molecule has 0 aromatic heterocycles. The molecule has 1 N–H and O–H groups in total. The molecule has 0 radical (unpaired) electrons. The van der Waals surface area contributed by atoms with Gasteiger partial charge in [0.25, 0.3) is 5.92 Å². The maximum absolute atomic E-state index is 13.5. The molecule has 1 aliphatic heterocycles.